The van der Waals surface area contributed by atoms with Crippen molar-refractivity contribution < 1.29 is 10.2 Å². The summed E-state index contributed by atoms with van der Waals surface area (Å²) in [6.45, 7) is 1.81. The van der Waals surface area contributed by atoms with E-state index in [0.29, 0.717) is 17.7 Å². The van der Waals surface area contributed by atoms with Crippen molar-refractivity contribution in [2.24, 2.45) is 0 Å². The number of rotatable bonds is 4. The molecule has 15 heavy (non-hydrogen) atoms. The van der Waals surface area contributed by atoms with Gasteiger partial charge >= 0.3 is 0 Å². The van der Waals surface area contributed by atoms with E-state index in [9.17, 15) is 10.2 Å². The Morgan fingerprint density at radius 1 is 1.47 bits per heavy atom. The fourth-order valence-electron chi connectivity index (χ4n) is 1.25. The Morgan fingerprint density at radius 2 is 2.13 bits per heavy atom. The summed E-state index contributed by atoms with van der Waals surface area (Å²) in [5, 5.41) is 19.6. The second-order valence-electron chi connectivity index (χ2n) is 3.36. The van der Waals surface area contributed by atoms with Crippen LogP contribution >= 0.6 is 24.2 Å². The van der Waals surface area contributed by atoms with E-state index in [1.54, 1.807) is 12.1 Å². The molecule has 0 aromatic carbocycles. The predicted molar refractivity (Wildman–Crippen MR) is 63.4 cm³/mol. The van der Waals surface area contributed by atoms with Gasteiger partial charge in [0.1, 0.15) is 11.3 Å². The van der Waals surface area contributed by atoms with Gasteiger partial charge in [0.05, 0.1) is 6.10 Å². The maximum absolute atomic E-state index is 9.78. The molecule has 3 nitrogen and oxygen atoms in total. The molecule has 84 valence electrons. The lowest BCUT2D eigenvalue weighted by molar-refractivity contribution is 0.0171. The molecular formula is C10H14ClNO2S. The first-order valence-electron chi connectivity index (χ1n) is 4.66. The summed E-state index contributed by atoms with van der Waals surface area (Å²) in [5.74, 6) is 0.509. The lowest BCUT2D eigenvalue weighted by Crippen LogP contribution is -2.19. The number of thiol groups is 1. The van der Waals surface area contributed by atoms with Gasteiger partial charge in [0.15, 0.2) is 0 Å². The Morgan fingerprint density at radius 3 is 2.67 bits per heavy atom. The lowest BCUT2D eigenvalue weighted by atomic mass is 10.0. The van der Waals surface area contributed by atoms with E-state index in [-0.39, 0.29) is 5.15 Å². The molecule has 0 saturated carbocycles. The second kappa shape index (κ2) is 5.70. The molecule has 0 bridgehead atoms. The molecule has 1 heterocycles. The number of aliphatic hydroxyl groups excluding tert-OH is 2. The van der Waals surface area contributed by atoms with E-state index < -0.39 is 12.2 Å². The molecule has 0 radical (unpaired) electrons. The van der Waals surface area contributed by atoms with Crippen molar-refractivity contribution in [2.45, 2.75) is 25.6 Å². The fourth-order valence-corrected chi connectivity index (χ4v) is 1.83. The summed E-state index contributed by atoms with van der Waals surface area (Å²) in [6.07, 6.45) is -1.45. The van der Waals surface area contributed by atoms with E-state index in [4.69, 9.17) is 11.6 Å². The van der Waals surface area contributed by atoms with E-state index in [1.165, 1.54) is 0 Å². The number of aryl methyl sites for hydroxylation is 1. The number of aliphatic hydroxyl groups is 2. The zero-order valence-electron chi connectivity index (χ0n) is 8.39. The Bertz CT molecular complexity index is 335. The van der Waals surface area contributed by atoms with Gasteiger partial charge in [-0.2, -0.15) is 12.6 Å². The standard InChI is InChI=1S/C10H14ClNO2S/c1-6-2-3-7(10(11)12-6)9(14)8(13)4-5-15/h2-3,8-9,13-15H,4-5H2,1H3. The van der Waals surface area contributed by atoms with Crippen LogP contribution in [-0.4, -0.2) is 27.1 Å². The van der Waals surface area contributed by atoms with Gasteiger partial charge in [0.25, 0.3) is 0 Å². The van der Waals surface area contributed by atoms with Crippen molar-refractivity contribution >= 4 is 24.2 Å². The Kier molecular flexibility index (Phi) is 4.86. The van der Waals surface area contributed by atoms with Gasteiger partial charge in [-0.25, -0.2) is 4.98 Å². The normalized spacial score (nSPS) is 15.0. The minimum absolute atomic E-state index is 0.237. The first kappa shape index (κ1) is 12.8. The monoisotopic (exact) mass is 247 g/mol. The maximum Gasteiger partial charge on any atom is 0.135 e. The zero-order chi connectivity index (χ0) is 11.4. The van der Waals surface area contributed by atoms with Crippen molar-refractivity contribution in [1.82, 2.24) is 4.98 Å². The van der Waals surface area contributed by atoms with Crippen LogP contribution in [0.2, 0.25) is 5.15 Å². The first-order valence-corrected chi connectivity index (χ1v) is 5.67. The van der Waals surface area contributed by atoms with Gasteiger partial charge in [-0.1, -0.05) is 17.7 Å². The molecule has 2 N–H and O–H groups in total. The fraction of sp³-hybridized carbons (Fsp3) is 0.500. The van der Waals surface area contributed by atoms with Crippen LogP contribution in [0, 0.1) is 6.92 Å². The van der Waals surface area contributed by atoms with E-state index in [1.807, 2.05) is 6.92 Å². The highest BCUT2D eigenvalue weighted by molar-refractivity contribution is 7.80. The number of nitrogens with zero attached hydrogens (tertiary/aromatic N) is 1. The highest BCUT2D eigenvalue weighted by Crippen LogP contribution is 2.25. The Balaban J connectivity index is 2.86. The SMILES string of the molecule is Cc1ccc(C(O)C(O)CCS)c(Cl)n1. The number of pyridine rings is 1. The smallest absolute Gasteiger partial charge is 0.135 e. The third-order valence-corrected chi connectivity index (χ3v) is 2.69. The van der Waals surface area contributed by atoms with Gasteiger partial charge in [0.2, 0.25) is 0 Å². The molecule has 0 aliphatic heterocycles. The molecule has 1 aromatic rings. The average Bonchev–Trinajstić information content (AvgIpc) is 2.17. The second-order valence-corrected chi connectivity index (χ2v) is 4.16. The molecular weight excluding hydrogens is 234 g/mol. The number of hydrogen-bond acceptors (Lipinski definition) is 4. The molecule has 0 saturated heterocycles. The van der Waals surface area contributed by atoms with E-state index >= 15 is 0 Å². The lowest BCUT2D eigenvalue weighted by Gasteiger charge is -2.18. The van der Waals surface area contributed by atoms with Gasteiger partial charge in [-0.15, -0.1) is 0 Å². The van der Waals surface area contributed by atoms with Crippen LogP contribution in [0.1, 0.15) is 23.8 Å². The van der Waals surface area contributed by atoms with Crippen LogP contribution in [0.5, 0.6) is 0 Å². The molecule has 0 spiro atoms. The van der Waals surface area contributed by atoms with Crippen LogP contribution in [-0.2, 0) is 0 Å². The van der Waals surface area contributed by atoms with Crippen LogP contribution in [0.15, 0.2) is 12.1 Å². The van der Waals surface area contributed by atoms with Crippen molar-refractivity contribution in [3.05, 3.63) is 28.5 Å². The molecule has 0 aliphatic carbocycles. The summed E-state index contributed by atoms with van der Waals surface area (Å²) in [4.78, 5) is 4.01. The van der Waals surface area contributed by atoms with Crippen LogP contribution in [0.3, 0.4) is 0 Å². The van der Waals surface area contributed by atoms with Crippen LogP contribution in [0.4, 0.5) is 0 Å². The molecule has 0 aliphatic rings. The van der Waals surface area contributed by atoms with Crippen molar-refractivity contribution in [1.29, 1.82) is 0 Å². The van der Waals surface area contributed by atoms with Crippen LogP contribution < -0.4 is 0 Å². The highest BCUT2D eigenvalue weighted by atomic mass is 35.5. The summed E-state index contributed by atoms with van der Waals surface area (Å²) < 4.78 is 0. The number of hydrogen-bond donors (Lipinski definition) is 3. The van der Waals surface area contributed by atoms with Crippen molar-refractivity contribution in [2.75, 3.05) is 5.75 Å². The first-order chi connectivity index (χ1) is 7.06. The summed E-state index contributed by atoms with van der Waals surface area (Å²) in [5.41, 5.74) is 1.23. The third-order valence-electron chi connectivity index (χ3n) is 2.12. The predicted octanol–water partition coefficient (Wildman–Crippen LogP) is 1.76. The Hall–Kier alpha value is -0.290. The largest absolute Gasteiger partial charge is 0.390 e. The van der Waals surface area contributed by atoms with Crippen molar-refractivity contribution in [3.63, 3.8) is 0 Å². The summed E-state index contributed by atoms with van der Waals surface area (Å²) in [6, 6.07) is 3.43. The minimum Gasteiger partial charge on any atom is -0.390 e. The van der Waals surface area contributed by atoms with E-state index in [2.05, 4.69) is 17.6 Å². The quantitative estimate of drug-likeness (QED) is 0.561. The topological polar surface area (TPSA) is 53.4 Å². The average molecular weight is 248 g/mol. The minimum atomic E-state index is -1.00. The summed E-state index contributed by atoms with van der Waals surface area (Å²) in [7, 11) is 0. The van der Waals surface area contributed by atoms with Crippen molar-refractivity contribution in [3.8, 4) is 0 Å². The molecule has 0 amide bonds. The van der Waals surface area contributed by atoms with Gasteiger partial charge in [-0.3, -0.25) is 0 Å². The van der Waals surface area contributed by atoms with Gasteiger partial charge in [-0.05, 0) is 25.2 Å². The maximum atomic E-state index is 9.78. The highest BCUT2D eigenvalue weighted by Gasteiger charge is 2.20. The van der Waals surface area contributed by atoms with Gasteiger partial charge in [0, 0.05) is 11.3 Å². The molecule has 1 aromatic heterocycles. The molecule has 1 rings (SSSR count). The molecule has 2 unspecified atom stereocenters. The molecule has 5 heteroatoms. The van der Waals surface area contributed by atoms with Crippen LogP contribution in [0.25, 0.3) is 0 Å². The molecule has 0 fully saturated rings. The number of aromatic nitrogens is 1. The van der Waals surface area contributed by atoms with E-state index in [0.717, 1.165) is 5.69 Å². The molecule has 2 atom stereocenters. The number of halogens is 1. The van der Waals surface area contributed by atoms with Gasteiger partial charge < -0.3 is 10.2 Å². The third kappa shape index (κ3) is 3.34. The Labute approximate surface area is 99.5 Å². The summed E-state index contributed by atoms with van der Waals surface area (Å²) >= 11 is 9.86. The zero-order valence-corrected chi connectivity index (χ0v) is 10.0.